The quantitative estimate of drug-likeness (QED) is 0.0808. The fourth-order valence-electron chi connectivity index (χ4n) is 20.9. The van der Waals surface area contributed by atoms with Gasteiger partial charge in [0.05, 0.1) is 32.7 Å². The Kier molecular flexibility index (Phi) is 27.8. The van der Waals surface area contributed by atoms with Gasteiger partial charge in [0, 0.05) is 35.4 Å². The van der Waals surface area contributed by atoms with Crippen molar-refractivity contribution < 1.29 is 27.0 Å². The van der Waals surface area contributed by atoms with Gasteiger partial charge in [-0.3, -0.25) is 0 Å². The first-order valence-corrected chi connectivity index (χ1v) is 43.8. The van der Waals surface area contributed by atoms with Crippen molar-refractivity contribution in [3.8, 4) is 56.2 Å². The van der Waals surface area contributed by atoms with Gasteiger partial charge in [-0.15, -0.1) is 0 Å². The largest absolute Gasteiger partial charge is 0.223 e. The summed E-state index contributed by atoms with van der Waals surface area (Å²) in [6.07, 6.45) is 12.4. The normalized spacial score (nSPS) is 12.4. The summed E-state index contributed by atoms with van der Waals surface area (Å²) in [4.78, 5) is 0. The van der Waals surface area contributed by atoms with E-state index in [0.717, 1.165) is 50.2 Å². The van der Waals surface area contributed by atoms with Gasteiger partial charge in [0.1, 0.15) is 39.8 Å². The lowest BCUT2D eigenvalue weighted by Crippen LogP contribution is -2.31. The number of fused-ring (bicyclic) bond motifs is 5. The van der Waals surface area contributed by atoms with E-state index >= 15 is 4.39 Å². The van der Waals surface area contributed by atoms with Crippen LogP contribution in [0.2, 0.25) is 0 Å². The zero-order valence-electron chi connectivity index (χ0n) is 76.9. The van der Waals surface area contributed by atoms with Crippen molar-refractivity contribution in [3.05, 3.63) is 283 Å². The molecule has 0 saturated carbocycles. The summed E-state index contributed by atoms with van der Waals surface area (Å²) in [6, 6.07) is 59.1. The Balaban J connectivity index is 0.000000154. The lowest BCUT2D eigenvalue weighted by Gasteiger charge is -2.25. The number of aromatic nitrogens is 4. The first-order valence-electron chi connectivity index (χ1n) is 43.8. The molecule has 9 aromatic carbocycles. The summed E-state index contributed by atoms with van der Waals surface area (Å²) in [5.41, 5.74) is 31.4. The molecule has 117 heavy (non-hydrogen) atoms. The fraction of sp³-hybridized carbons (Fsp3) is 0.405. The molecule has 1 aliphatic rings. The molecule has 0 atom stereocenters. The first-order chi connectivity index (χ1) is 55.3. The molecule has 0 fully saturated rings. The summed E-state index contributed by atoms with van der Waals surface area (Å²) in [5, 5.41) is 10.1. The van der Waals surface area contributed by atoms with Gasteiger partial charge >= 0.3 is 0 Å². The highest BCUT2D eigenvalue weighted by Gasteiger charge is 2.31. The summed E-state index contributed by atoms with van der Waals surface area (Å²) < 4.78 is 38.4. The van der Waals surface area contributed by atoms with Crippen LogP contribution >= 0.6 is 0 Å². The van der Waals surface area contributed by atoms with E-state index in [1.165, 1.54) is 135 Å². The summed E-state index contributed by atoms with van der Waals surface area (Å²) in [5.74, 6) is 6.93. The van der Waals surface area contributed by atoms with Crippen LogP contribution in [0.3, 0.4) is 0 Å². The van der Waals surface area contributed by atoms with Gasteiger partial charge in [0.2, 0.25) is 22.8 Å². The van der Waals surface area contributed by atoms with Crippen molar-refractivity contribution in [1.29, 1.82) is 0 Å². The van der Waals surface area contributed by atoms with E-state index in [-0.39, 0.29) is 11.6 Å². The molecule has 0 amide bonds. The topological polar surface area (TPSA) is 15.5 Å². The van der Waals surface area contributed by atoms with Crippen molar-refractivity contribution in [1.82, 2.24) is 0 Å². The molecule has 0 unspecified atom stereocenters. The number of rotatable bonds is 17. The molecule has 1 aliphatic carbocycles. The number of benzene rings is 9. The zero-order valence-corrected chi connectivity index (χ0v) is 76.9. The van der Waals surface area contributed by atoms with Gasteiger partial charge in [-0.25, -0.2) is 27.0 Å². The second-order valence-electron chi connectivity index (χ2n) is 37.8. The van der Waals surface area contributed by atoms with Crippen LogP contribution in [0.1, 0.15) is 230 Å². The van der Waals surface area contributed by atoms with Crippen molar-refractivity contribution in [2.45, 2.75) is 223 Å². The van der Waals surface area contributed by atoms with Crippen LogP contribution in [0, 0.1) is 128 Å². The van der Waals surface area contributed by atoms with E-state index in [4.69, 9.17) is 0 Å². The minimum Gasteiger partial charge on any atom is -0.206 e. The van der Waals surface area contributed by atoms with Crippen LogP contribution in [-0.4, -0.2) is 0 Å². The van der Waals surface area contributed by atoms with Crippen molar-refractivity contribution >= 4 is 43.1 Å². The molecular formula is C111H138F2N4+4. The molecule has 6 heteroatoms. The Hall–Kier alpha value is -9.52. The summed E-state index contributed by atoms with van der Waals surface area (Å²) >= 11 is 0. The van der Waals surface area contributed by atoms with Crippen molar-refractivity contribution in [3.63, 3.8) is 0 Å². The van der Waals surface area contributed by atoms with Gasteiger partial charge < -0.3 is 0 Å². The molecule has 0 bridgehead atoms. The molecule has 0 spiro atoms. The SMILES string of the molecule is Cc1cc(-c2c(C)cccc2C)ccc1-c1c2ccc(C(C(C)C)C(C)C)cc2cc[n+]1C.Cc1cc(-c2c3ccc(C(C(C)C)C(C)C)cc3cc[n+]2C)c(C)c(C)c1F.Cc1cc(C)c(F)c(-c2c3ccc(C(C(C)C)C(C)C)cc3cc[n+]2C)c1C.Cc1cc2c(cc1-c1c3ccc(C(C(C)C)C(C)C)cc3cc[n+]1C)CCC2. The lowest BCUT2D eigenvalue weighted by molar-refractivity contribution is -0.659. The molecule has 4 heterocycles. The number of nitrogens with zero attached hydrogens (tertiary/aromatic N) is 4. The van der Waals surface area contributed by atoms with Crippen LogP contribution in [0.4, 0.5) is 8.78 Å². The summed E-state index contributed by atoms with van der Waals surface area (Å²) in [6.45, 7) is 57.7. The van der Waals surface area contributed by atoms with Crippen LogP contribution in [0.5, 0.6) is 0 Å². The molecule has 4 nitrogen and oxygen atoms in total. The number of hydrogen-bond donors (Lipinski definition) is 0. The second-order valence-corrected chi connectivity index (χ2v) is 37.8. The van der Waals surface area contributed by atoms with Crippen LogP contribution in [-0.2, 0) is 41.0 Å². The molecule has 0 aliphatic heterocycles. The third-order valence-electron chi connectivity index (χ3n) is 26.3. The van der Waals surface area contributed by atoms with E-state index in [1.54, 1.807) is 11.1 Å². The van der Waals surface area contributed by atoms with Crippen LogP contribution in [0.15, 0.2) is 183 Å². The maximum absolute atomic E-state index is 15.2. The van der Waals surface area contributed by atoms with Crippen LogP contribution < -0.4 is 18.3 Å². The van der Waals surface area contributed by atoms with Crippen LogP contribution in [0.25, 0.3) is 99.2 Å². The van der Waals surface area contributed by atoms with Gasteiger partial charge in [-0.05, 0) is 324 Å². The molecule has 4 aromatic heterocycles. The monoisotopic (exact) mass is 1570 g/mol. The second kappa shape index (κ2) is 36.8. The smallest absolute Gasteiger partial charge is 0.206 e. The first kappa shape index (κ1) is 88.3. The predicted octanol–water partition coefficient (Wildman–Crippen LogP) is 28.4. The van der Waals surface area contributed by atoms with Gasteiger partial charge in [-0.1, -0.05) is 202 Å². The van der Waals surface area contributed by atoms with Crippen molar-refractivity contribution in [2.24, 2.45) is 75.5 Å². The number of aryl methyl sites for hydroxylation is 13. The maximum atomic E-state index is 15.2. The average molecular weight is 1570 g/mol. The Morgan fingerprint density at radius 2 is 0.607 bits per heavy atom. The van der Waals surface area contributed by atoms with E-state index in [1.807, 2.05) is 53.8 Å². The van der Waals surface area contributed by atoms with E-state index in [0.29, 0.717) is 82.1 Å². The van der Waals surface area contributed by atoms with E-state index in [9.17, 15) is 4.39 Å². The molecule has 612 valence electrons. The Bertz CT molecular complexity index is 5740. The number of halogens is 2. The molecule has 0 radical (unpaired) electrons. The number of pyridine rings is 4. The third-order valence-corrected chi connectivity index (χ3v) is 26.3. The minimum atomic E-state index is -0.113. The predicted molar refractivity (Wildman–Crippen MR) is 497 cm³/mol. The minimum absolute atomic E-state index is 0.0943. The highest BCUT2D eigenvalue weighted by Crippen LogP contribution is 2.44. The Morgan fingerprint density at radius 3 is 0.991 bits per heavy atom. The molecule has 0 saturated heterocycles. The van der Waals surface area contributed by atoms with E-state index < -0.39 is 0 Å². The average Bonchev–Trinajstić information content (AvgIpc) is 1.98. The van der Waals surface area contributed by atoms with E-state index in [2.05, 4.69) is 355 Å². The Labute approximate surface area is 703 Å². The zero-order chi connectivity index (χ0) is 85.4. The maximum Gasteiger partial charge on any atom is 0.223 e. The highest BCUT2D eigenvalue weighted by atomic mass is 19.1. The van der Waals surface area contributed by atoms with Gasteiger partial charge in [0.15, 0.2) is 24.8 Å². The highest BCUT2D eigenvalue weighted by molar-refractivity contribution is 5.98. The molecule has 13 aromatic rings. The fourth-order valence-corrected chi connectivity index (χ4v) is 20.9. The summed E-state index contributed by atoms with van der Waals surface area (Å²) in [7, 11) is 8.42. The van der Waals surface area contributed by atoms with Crippen molar-refractivity contribution in [2.75, 3.05) is 0 Å². The Morgan fingerprint density at radius 1 is 0.265 bits per heavy atom. The molecule has 0 N–H and O–H groups in total. The molecule has 14 rings (SSSR count). The standard InChI is InChI=1S/C32H38N.C27H34N.2C26H33FN/c1-20(2)30(21(3)4)27-13-15-29-25(19-27)16-17-33(8)32(29)28-14-12-26(18-24(28)7)31-22(5)10-9-11-23(31)6;1-17(2)26(18(3)4)23-10-11-24-22(15-23)12-13-28(6)27(24)25-16-21-9-7-8-20(21)14-19(25)5;1-15(2)24(16(3)4)21-9-10-22-20(14-21)11-12-28(8)26(22)23-13-17(5)25(27)19(7)18(23)6;1-15(2)23(16(3)4)21-9-10-22-20(14-21)11-12-28(8)26(22)24-19(7)17(5)13-18(6)25(24)27/h9-21,30H,1-8H3;10-18,26H,7-9H2,1-6H3;9-16,24H,1-8H3;9-16,23H,1-8H3/q4*+1. The lowest BCUT2D eigenvalue weighted by atomic mass is 9.79. The third kappa shape index (κ3) is 18.4. The number of hydrogen-bond acceptors (Lipinski definition) is 0. The van der Waals surface area contributed by atoms with Gasteiger partial charge in [0.25, 0.3) is 0 Å². The molecular weight excluding hydrogens is 1430 g/mol. The van der Waals surface area contributed by atoms with Gasteiger partial charge in [-0.2, -0.15) is 0 Å².